The SMILES string of the molecule is Cc1ccc(-c2cncc3[nH]c(-c4n[nH]c5cnc(C6=CCNCC6)cc45)nc23)s1. The maximum atomic E-state index is 4.92. The van der Waals surface area contributed by atoms with Gasteiger partial charge in [0.25, 0.3) is 0 Å². The van der Waals surface area contributed by atoms with Crippen molar-refractivity contribution in [3.8, 4) is 22.0 Å². The molecular weight excluding hydrogens is 394 g/mol. The lowest BCUT2D eigenvalue weighted by atomic mass is 10.0. The van der Waals surface area contributed by atoms with Gasteiger partial charge < -0.3 is 10.3 Å². The number of aromatic nitrogens is 6. The Hall–Kier alpha value is -3.36. The highest BCUT2D eigenvalue weighted by molar-refractivity contribution is 7.15. The quantitative estimate of drug-likeness (QED) is 0.410. The second-order valence-electron chi connectivity index (χ2n) is 7.45. The highest BCUT2D eigenvalue weighted by Crippen LogP contribution is 2.34. The Morgan fingerprint density at radius 3 is 2.90 bits per heavy atom. The lowest BCUT2D eigenvalue weighted by Gasteiger charge is -2.13. The first-order valence-corrected chi connectivity index (χ1v) is 10.7. The molecule has 0 aliphatic carbocycles. The van der Waals surface area contributed by atoms with E-state index in [2.05, 4.69) is 61.7 Å². The Bertz CT molecular complexity index is 1420. The van der Waals surface area contributed by atoms with Gasteiger partial charge in [0, 0.05) is 33.4 Å². The number of H-pyrrole nitrogens is 2. The maximum absolute atomic E-state index is 4.92. The van der Waals surface area contributed by atoms with E-state index in [0.29, 0.717) is 0 Å². The van der Waals surface area contributed by atoms with Gasteiger partial charge in [-0.25, -0.2) is 4.98 Å². The highest BCUT2D eigenvalue weighted by Gasteiger charge is 2.17. The highest BCUT2D eigenvalue weighted by atomic mass is 32.1. The molecule has 0 amide bonds. The minimum atomic E-state index is 0.732. The summed E-state index contributed by atoms with van der Waals surface area (Å²) >= 11 is 1.75. The molecule has 0 fully saturated rings. The minimum absolute atomic E-state index is 0.732. The van der Waals surface area contributed by atoms with Crippen molar-refractivity contribution in [3.05, 3.63) is 53.4 Å². The van der Waals surface area contributed by atoms with E-state index in [1.807, 2.05) is 18.6 Å². The average Bonchev–Trinajstić information content (AvgIpc) is 3.51. The number of hydrogen-bond donors (Lipinski definition) is 3. The van der Waals surface area contributed by atoms with Crippen molar-refractivity contribution in [1.29, 1.82) is 0 Å². The number of rotatable bonds is 3. The second-order valence-corrected chi connectivity index (χ2v) is 8.74. The summed E-state index contributed by atoms with van der Waals surface area (Å²) in [5, 5.41) is 12.0. The van der Waals surface area contributed by atoms with Gasteiger partial charge in [-0.2, -0.15) is 5.10 Å². The first-order chi connectivity index (χ1) is 14.8. The van der Waals surface area contributed by atoms with E-state index in [4.69, 9.17) is 4.98 Å². The predicted molar refractivity (Wildman–Crippen MR) is 120 cm³/mol. The summed E-state index contributed by atoms with van der Waals surface area (Å²) in [7, 11) is 0. The van der Waals surface area contributed by atoms with Gasteiger partial charge in [-0.1, -0.05) is 6.08 Å². The van der Waals surface area contributed by atoms with Crippen molar-refractivity contribution in [3.63, 3.8) is 0 Å². The van der Waals surface area contributed by atoms with Crippen LogP contribution in [0.15, 0.2) is 42.9 Å². The van der Waals surface area contributed by atoms with E-state index in [-0.39, 0.29) is 0 Å². The van der Waals surface area contributed by atoms with Crippen LogP contribution in [0.4, 0.5) is 0 Å². The van der Waals surface area contributed by atoms with E-state index in [1.54, 1.807) is 11.3 Å². The molecule has 0 atom stereocenters. The van der Waals surface area contributed by atoms with Crippen LogP contribution in [0.3, 0.4) is 0 Å². The number of aryl methyl sites for hydroxylation is 1. The molecule has 7 nitrogen and oxygen atoms in total. The van der Waals surface area contributed by atoms with Gasteiger partial charge in [0.05, 0.1) is 29.1 Å². The number of nitrogens with one attached hydrogen (secondary N) is 3. The third kappa shape index (κ3) is 2.84. The third-order valence-corrected chi connectivity index (χ3v) is 6.50. The molecule has 0 saturated carbocycles. The molecule has 0 spiro atoms. The van der Waals surface area contributed by atoms with Gasteiger partial charge in [-0.15, -0.1) is 11.3 Å². The number of nitrogens with zero attached hydrogens (tertiary/aromatic N) is 4. The fourth-order valence-corrected chi connectivity index (χ4v) is 4.81. The minimum Gasteiger partial charge on any atom is -0.335 e. The number of aromatic amines is 2. The molecule has 0 saturated heterocycles. The van der Waals surface area contributed by atoms with Gasteiger partial charge >= 0.3 is 0 Å². The van der Waals surface area contributed by atoms with E-state index in [1.165, 1.54) is 15.3 Å². The number of pyridine rings is 2. The molecule has 148 valence electrons. The van der Waals surface area contributed by atoms with Crippen LogP contribution in [0.2, 0.25) is 0 Å². The van der Waals surface area contributed by atoms with Crippen molar-refractivity contribution >= 4 is 38.8 Å². The van der Waals surface area contributed by atoms with Crippen molar-refractivity contribution < 1.29 is 0 Å². The number of hydrogen-bond acceptors (Lipinski definition) is 6. The van der Waals surface area contributed by atoms with Gasteiger partial charge in [0.1, 0.15) is 11.2 Å². The smallest absolute Gasteiger partial charge is 0.159 e. The maximum Gasteiger partial charge on any atom is 0.159 e. The average molecular weight is 414 g/mol. The fourth-order valence-electron chi connectivity index (χ4n) is 3.93. The lowest BCUT2D eigenvalue weighted by Crippen LogP contribution is -2.20. The molecule has 0 radical (unpaired) electrons. The summed E-state index contributed by atoms with van der Waals surface area (Å²) in [5.41, 5.74) is 6.82. The molecule has 3 N–H and O–H groups in total. The Morgan fingerprint density at radius 1 is 1.10 bits per heavy atom. The molecular formula is C22H19N7S. The Morgan fingerprint density at radius 2 is 2.07 bits per heavy atom. The van der Waals surface area contributed by atoms with Gasteiger partial charge in [0.15, 0.2) is 5.82 Å². The standard InChI is InChI=1S/C22H19N7S/c1-12-2-3-19(30-12)15-9-24-10-18-20(15)27-22(26-18)21-14-8-16(13-4-6-23-7-5-13)25-11-17(14)28-29-21/h2-4,8-11,23H,5-7H2,1H3,(H,26,27)(H,28,29). The lowest BCUT2D eigenvalue weighted by molar-refractivity contribution is 0.737. The van der Waals surface area contributed by atoms with Crippen LogP contribution >= 0.6 is 11.3 Å². The number of thiophene rings is 1. The van der Waals surface area contributed by atoms with E-state index >= 15 is 0 Å². The van der Waals surface area contributed by atoms with Crippen LogP contribution in [0, 0.1) is 6.92 Å². The molecule has 1 aliphatic rings. The van der Waals surface area contributed by atoms with Crippen LogP contribution < -0.4 is 5.32 Å². The summed E-state index contributed by atoms with van der Waals surface area (Å²) in [4.78, 5) is 19.8. The van der Waals surface area contributed by atoms with Crippen molar-refractivity contribution in [2.24, 2.45) is 0 Å². The van der Waals surface area contributed by atoms with Crippen molar-refractivity contribution in [2.75, 3.05) is 13.1 Å². The third-order valence-electron chi connectivity index (χ3n) is 5.46. The molecule has 0 bridgehead atoms. The Labute approximate surface area is 176 Å². The summed E-state index contributed by atoms with van der Waals surface area (Å²) in [6.45, 7) is 3.97. The topological polar surface area (TPSA) is 95.2 Å². The molecule has 5 aromatic rings. The van der Waals surface area contributed by atoms with Crippen LogP contribution in [0.25, 0.3) is 49.5 Å². The zero-order valence-electron chi connectivity index (χ0n) is 16.4. The van der Waals surface area contributed by atoms with Gasteiger partial charge in [-0.05, 0) is 43.7 Å². The summed E-state index contributed by atoms with van der Waals surface area (Å²) in [6.07, 6.45) is 8.74. The molecule has 6 rings (SSSR count). The largest absolute Gasteiger partial charge is 0.335 e. The zero-order chi connectivity index (χ0) is 20.1. The predicted octanol–water partition coefficient (Wildman–Crippen LogP) is 4.31. The molecule has 6 heterocycles. The van der Waals surface area contributed by atoms with E-state index < -0.39 is 0 Å². The summed E-state index contributed by atoms with van der Waals surface area (Å²) < 4.78 is 0. The van der Waals surface area contributed by atoms with Crippen LogP contribution in [-0.2, 0) is 0 Å². The van der Waals surface area contributed by atoms with Crippen molar-refractivity contribution in [1.82, 2.24) is 35.5 Å². The number of fused-ring (bicyclic) bond motifs is 2. The monoisotopic (exact) mass is 413 g/mol. The normalized spacial score (nSPS) is 14.5. The van der Waals surface area contributed by atoms with E-state index in [0.717, 1.165) is 64.2 Å². The first-order valence-electron chi connectivity index (χ1n) is 9.91. The first kappa shape index (κ1) is 17.5. The zero-order valence-corrected chi connectivity index (χ0v) is 17.2. The van der Waals surface area contributed by atoms with Crippen LogP contribution in [0.1, 0.15) is 17.0 Å². The number of imidazole rings is 1. The Kier molecular flexibility index (Phi) is 4.00. The van der Waals surface area contributed by atoms with Crippen LogP contribution in [-0.4, -0.2) is 43.2 Å². The fraction of sp³-hybridized carbons (Fsp3) is 0.182. The van der Waals surface area contributed by atoms with Crippen LogP contribution in [0.5, 0.6) is 0 Å². The second kappa shape index (κ2) is 6.86. The molecule has 5 aromatic heterocycles. The summed E-state index contributed by atoms with van der Waals surface area (Å²) in [6, 6.07) is 6.36. The molecule has 30 heavy (non-hydrogen) atoms. The van der Waals surface area contributed by atoms with Gasteiger partial charge in [-0.3, -0.25) is 15.1 Å². The van der Waals surface area contributed by atoms with Gasteiger partial charge in [0.2, 0.25) is 0 Å². The van der Waals surface area contributed by atoms with Crippen molar-refractivity contribution in [2.45, 2.75) is 13.3 Å². The summed E-state index contributed by atoms with van der Waals surface area (Å²) in [5.74, 6) is 0.732. The molecule has 0 unspecified atom stereocenters. The van der Waals surface area contributed by atoms with E-state index in [9.17, 15) is 0 Å². The molecule has 1 aliphatic heterocycles. The molecule has 0 aromatic carbocycles. The molecule has 8 heteroatoms. The Balaban J connectivity index is 1.49.